The van der Waals surface area contributed by atoms with Gasteiger partial charge in [0.15, 0.2) is 0 Å². The highest BCUT2D eigenvalue weighted by Gasteiger charge is 2.28. The first-order chi connectivity index (χ1) is 9.29. The number of nitrogens with zero attached hydrogens (tertiary/aromatic N) is 1. The Labute approximate surface area is 115 Å². The van der Waals surface area contributed by atoms with E-state index in [-0.39, 0.29) is 0 Å². The Morgan fingerprint density at radius 3 is 2.84 bits per heavy atom. The molecule has 0 aromatic heterocycles. The third-order valence-electron chi connectivity index (χ3n) is 4.27. The van der Waals surface area contributed by atoms with Crippen LogP contribution in [0.4, 0.5) is 5.69 Å². The number of piperazine rings is 1. The molecule has 1 atom stereocenters. The maximum Gasteiger partial charge on any atom is 0.142 e. The second-order valence-electron chi connectivity index (χ2n) is 5.50. The van der Waals surface area contributed by atoms with Crippen molar-refractivity contribution < 1.29 is 4.74 Å². The van der Waals surface area contributed by atoms with Crippen LogP contribution < -0.4 is 15.4 Å². The smallest absolute Gasteiger partial charge is 0.142 e. The summed E-state index contributed by atoms with van der Waals surface area (Å²) >= 11 is 0. The number of fused-ring (bicyclic) bond motifs is 1. The molecule has 2 aliphatic rings. The summed E-state index contributed by atoms with van der Waals surface area (Å²) in [6.07, 6.45) is 0. The lowest BCUT2D eigenvalue weighted by Crippen LogP contribution is -2.45. The number of benzene rings is 1. The van der Waals surface area contributed by atoms with Gasteiger partial charge in [-0.15, -0.1) is 0 Å². The van der Waals surface area contributed by atoms with Crippen LogP contribution >= 0.6 is 0 Å². The molecule has 4 heteroatoms. The maximum atomic E-state index is 5.46. The zero-order valence-electron chi connectivity index (χ0n) is 11.8. The number of hydrogen-bond acceptors (Lipinski definition) is 4. The van der Waals surface area contributed by atoms with E-state index in [1.54, 1.807) is 7.11 Å². The predicted octanol–water partition coefficient (Wildman–Crippen LogP) is 1.42. The average molecular weight is 261 g/mol. The molecule has 0 bridgehead atoms. The van der Waals surface area contributed by atoms with Gasteiger partial charge >= 0.3 is 0 Å². The fourth-order valence-electron chi connectivity index (χ4n) is 3.27. The van der Waals surface area contributed by atoms with Gasteiger partial charge in [0.2, 0.25) is 0 Å². The molecule has 2 N–H and O–H groups in total. The van der Waals surface area contributed by atoms with E-state index in [9.17, 15) is 0 Å². The SMILES string of the molecule is COc1ccc(C)c2c1NCC2CN1CCNCC1. The maximum absolute atomic E-state index is 5.46. The van der Waals surface area contributed by atoms with Crippen LogP contribution in [0.25, 0.3) is 0 Å². The monoisotopic (exact) mass is 261 g/mol. The first-order valence-corrected chi connectivity index (χ1v) is 7.14. The van der Waals surface area contributed by atoms with Crippen LogP contribution in [-0.4, -0.2) is 51.3 Å². The quantitative estimate of drug-likeness (QED) is 0.863. The Hall–Kier alpha value is -1.26. The van der Waals surface area contributed by atoms with E-state index in [0.717, 1.165) is 45.0 Å². The van der Waals surface area contributed by atoms with Gasteiger partial charge in [0.1, 0.15) is 5.75 Å². The van der Waals surface area contributed by atoms with Gasteiger partial charge in [0.05, 0.1) is 12.8 Å². The zero-order valence-corrected chi connectivity index (χ0v) is 11.8. The molecule has 0 radical (unpaired) electrons. The Morgan fingerprint density at radius 2 is 2.11 bits per heavy atom. The number of anilines is 1. The zero-order chi connectivity index (χ0) is 13.2. The summed E-state index contributed by atoms with van der Waals surface area (Å²) in [4.78, 5) is 2.57. The second-order valence-corrected chi connectivity index (χ2v) is 5.50. The first-order valence-electron chi connectivity index (χ1n) is 7.14. The van der Waals surface area contributed by atoms with Gasteiger partial charge in [-0.25, -0.2) is 0 Å². The van der Waals surface area contributed by atoms with Crippen molar-refractivity contribution in [2.45, 2.75) is 12.8 Å². The summed E-state index contributed by atoms with van der Waals surface area (Å²) in [7, 11) is 1.75. The van der Waals surface area contributed by atoms with Crippen LogP contribution in [0, 0.1) is 6.92 Å². The number of aryl methyl sites for hydroxylation is 1. The highest BCUT2D eigenvalue weighted by atomic mass is 16.5. The summed E-state index contributed by atoms with van der Waals surface area (Å²) in [5.74, 6) is 1.56. The third-order valence-corrected chi connectivity index (χ3v) is 4.27. The molecule has 0 amide bonds. The lowest BCUT2D eigenvalue weighted by atomic mass is 9.95. The van der Waals surface area contributed by atoms with Gasteiger partial charge in [-0.3, -0.25) is 0 Å². The molecular formula is C15H23N3O. The minimum absolute atomic E-state index is 0.586. The topological polar surface area (TPSA) is 36.5 Å². The Morgan fingerprint density at radius 1 is 1.32 bits per heavy atom. The lowest BCUT2D eigenvalue weighted by Gasteiger charge is -2.29. The van der Waals surface area contributed by atoms with Gasteiger partial charge in [0.25, 0.3) is 0 Å². The van der Waals surface area contributed by atoms with Crippen molar-refractivity contribution in [3.8, 4) is 5.75 Å². The number of methoxy groups -OCH3 is 1. The fourth-order valence-corrected chi connectivity index (χ4v) is 3.27. The molecule has 0 spiro atoms. The van der Waals surface area contributed by atoms with Gasteiger partial charge in [-0.2, -0.15) is 0 Å². The van der Waals surface area contributed by atoms with Crippen LogP contribution in [0.5, 0.6) is 5.75 Å². The standard InChI is InChI=1S/C15H23N3O/c1-11-3-4-13(19-2)15-14(11)12(9-17-15)10-18-7-5-16-6-8-18/h3-4,12,16-17H,5-10H2,1-2H3. The molecule has 1 aromatic rings. The normalized spacial score (nSPS) is 22.9. The van der Waals surface area contributed by atoms with E-state index in [0.29, 0.717) is 5.92 Å². The van der Waals surface area contributed by atoms with Crippen LogP contribution in [0.2, 0.25) is 0 Å². The molecule has 1 unspecified atom stereocenters. The van der Waals surface area contributed by atoms with E-state index >= 15 is 0 Å². The average Bonchev–Trinajstić information content (AvgIpc) is 2.85. The molecule has 1 fully saturated rings. The fraction of sp³-hybridized carbons (Fsp3) is 0.600. The van der Waals surface area contributed by atoms with Crippen LogP contribution in [0.1, 0.15) is 17.0 Å². The minimum Gasteiger partial charge on any atom is -0.495 e. The summed E-state index contributed by atoms with van der Waals surface area (Å²) in [6.45, 7) is 8.93. The van der Waals surface area contributed by atoms with Crippen molar-refractivity contribution in [2.75, 3.05) is 51.7 Å². The minimum atomic E-state index is 0.586. The molecule has 19 heavy (non-hydrogen) atoms. The highest BCUT2D eigenvalue weighted by molar-refractivity contribution is 5.69. The second kappa shape index (κ2) is 5.39. The van der Waals surface area contributed by atoms with Crippen molar-refractivity contribution in [2.24, 2.45) is 0 Å². The van der Waals surface area contributed by atoms with Crippen molar-refractivity contribution in [3.05, 3.63) is 23.3 Å². The number of nitrogens with one attached hydrogen (secondary N) is 2. The van der Waals surface area contributed by atoms with Gasteiger partial charge < -0.3 is 20.3 Å². The van der Waals surface area contributed by atoms with E-state index < -0.39 is 0 Å². The molecule has 2 heterocycles. The van der Waals surface area contributed by atoms with Crippen molar-refractivity contribution >= 4 is 5.69 Å². The number of rotatable bonds is 3. The van der Waals surface area contributed by atoms with E-state index in [1.807, 2.05) is 0 Å². The van der Waals surface area contributed by atoms with Crippen molar-refractivity contribution in [1.29, 1.82) is 0 Å². The van der Waals surface area contributed by atoms with Gasteiger partial charge in [-0.05, 0) is 24.1 Å². The highest BCUT2D eigenvalue weighted by Crippen LogP contribution is 2.40. The molecule has 104 valence electrons. The molecule has 0 aliphatic carbocycles. The molecule has 4 nitrogen and oxygen atoms in total. The summed E-state index contributed by atoms with van der Waals surface area (Å²) in [6, 6.07) is 4.24. The Kier molecular flexibility index (Phi) is 3.62. The number of hydrogen-bond donors (Lipinski definition) is 2. The summed E-state index contributed by atoms with van der Waals surface area (Å²) in [5, 5.41) is 6.94. The van der Waals surface area contributed by atoms with Crippen LogP contribution in [-0.2, 0) is 0 Å². The van der Waals surface area contributed by atoms with E-state index in [2.05, 4.69) is 34.6 Å². The molecule has 0 saturated carbocycles. The largest absolute Gasteiger partial charge is 0.495 e. The van der Waals surface area contributed by atoms with Crippen molar-refractivity contribution in [3.63, 3.8) is 0 Å². The summed E-state index contributed by atoms with van der Waals surface area (Å²) in [5.41, 5.74) is 4.04. The van der Waals surface area contributed by atoms with Gasteiger partial charge in [-0.1, -0.05) is 6.07 Å². The Balaban J connectivity index is 1.80. The third kappa shape index (κ3) is 2.42. The van der Waals surface area contributed by atoms with E-state index in [4.69, 9.17) is 4.74 Å². The molecule has 3 rings (SSSR count). The molecule has 1 aromatic carbocycles. The van der Waals surface area contributed by atoms with Gasteiger partial charge in [0, 0.05) is 45.2 Å². The molecule has 2 aliphatic heterocycles. The molecule has 1 saturated heterocycles. The Bertz CT molecular complexity index is 455. The van der Waals surface area contributed by atoms with E-state index in [1.165, 1.54) is 16.8 Å². The predicted molar refractivity (Wildman–Crippen MR) is 78.3 cm³/mol. The first kappa shape index (κ1) is 12.8. The van der Waals surface area contributed by atoms with Crippen LogP contribution in [0.15, 0.2) is 12.1 Å². The number of ether oxygens (including phenoxy) is 1. The lowest BCUT2D eigenvalue weighted by molar-refractivity contribution is 0.230. The summed E-state index contributed by atoms with van der Waals surface area (Å²) < 4.78 is 5.46. The molecular weight excluding hydrogens is 238 g/mol. The van der Waals surface area contributed by atoms with Crippen LogP contribution in [0.3, 0.4) is 0 Å². The van der Waals surface area contributed by atoms with Crippen molar-refractivity contribution in [1.82, 2.24) is 10.2 Å².